The van der Waals surface area contributed by atoms with Crippen LogP contribution in [0.5, 0.6) is 5.75 Å². The third-order valence-electron chi connectivity index (χ3n) is 2.45. The van der Waals surface area contributed by atoms with Crippen molar-refractivity contribution in [1.29, 1.82) is 0 Å². The van der Waals surface area contributed by atoms with Crippen LogP contribution < -0.4 is 4.74 Å². The predicted molar refractivity (Wildman–Crippen MR) is 69.7 cm³/mol. The lowest BCUT2D eigenvalue weighted by Crippen LogP contribution is -1.97. The first-order valence-corrected chi connectivity index (χ1v) is 5.98. The zero-order valence-electron chi connectivity index (χ0n) is 9.11. The van der Waals surface area contributed by atoms with E-state index in [1.165, 1.54) is 11.1 Å². The number of benzene rings is 2. The lowest BCUT2D eigenvalue weighted by atomic mass is 10.1. The first-order chi connectivity index (χ1) is 7.75. The van der Waals surface area contributed by atoms with Crippen molar-refractivity contribution in [1.82, 2.24) is 0 Å². The molecule has 82 valence electrons. The third kappa shape index (κ3) is 2.86. The molecule has 0 bridgehead atoms. The minimum absolute atomic E-state index is 0.614. The first-order valence-electron chi connectivity index (χ1n) is 5.18. The minimum Gasteiger partial charge on any atom is -0.489 e. The molecule has 0 N–H and O–H groups in total. The summed E-state index contributed by atoms with van der Waals surface area (Å²) in [6, 6.07) is 16.1. The molecule has 2 rings (SSSR count). The molecule has 0 unspecified atom stereocenters. The molecule has 0 aliphatic rings. The monoisotopic (exact) mass is 276 g/mol. The number of hydrogen-bond donors (Lipinski definition) is 0. The molecule has 2 heteroatoms. The molecule has 0 spiro atoms. The topological polar surface area (TPSA) is 9.23 Å². The van der Waals surface area contributed by atoms with Gasteiger partial charge in [-0.15, -0.1) is 0 Å². The maximum absolute atomic E-state index is 5.72. The summed E-state index contributed by atoms with van der Waals surface area (Å²) in [5.74, 6) is 0.887. The Morgan fingerprint density at radius 2 is 1.88 bits per heavy atom. The highest BCUT2D eigenvalue weighted by Crippen LogP contribution is 2.19. The Labute approximate surface area is 104 Å². The van der Waals surface area contributed by atoms with Gasteiger partial charge < -0.3 is 4.74 Å². The summed E-state index contributed by atoms with van der Waals surface area (Å²) in [7, 11) is 0. The normalized spacial score (nSPS) is 10.1. The first kappa shape index (κ1) is 11.2. The Morgan fingerprint density at radius 3 is 2.62 bits per heavy atom. The highest BCUT2D eigenvalue weighted by atomic mass is 79.9. The average Bonchev–Trinajstić information content (AvgIpc) is 2.28. The van der Waals surface area contributed by atoms with Gasteiger partial charge in [0.1, 0.15) is 12.4 Å². The number of aryl methyl sites for hydroxylation is 1. The molecule has 0 amide bonds. The van der Waals surface area contributed by atoms with Gasteiger partial charge in [0.25, 0.3) is 0 Å². The fraction of sp³-hybridized carbons (Fsp3) is 0.143. The highest BCUT2D eigenvalue weighted by Gasteiger charge is 1.99. The van der Waals surface area contributed by atoms with E-state index in [0.717, 1.165) is 10.2 Å². The van der Waals surface area contributed by atoms with Gasteiger partial charge in [0.2, 0.25) is 0 Å². The van der Waals surface area contributed by atoms with Gasteiger partial charge in [0.05, 0.1) is 0 Å². The van der Waals surface area contributed by atoms with Crippen LogP contribution >= 0.6 is 15.9 Å². The van der Waals surface area contributed by atoms with E-state index in [0.29, 0.717) is 6.61 Å². The van der Waals surface area contributed by atoms with Gasteiger partial charge in [-0.05, 0) is 36.2 Å². The molecule has 1 nitrogen and oxygen atoms in total. The lowest BCUT2D eigenvalue weighted by molar-refractivity contribution is 0.305. The van der Waals surface area contributed by atoms with Gasteiger partial charge in [-0.25, -0.2) is 0 Å². The van der Waals surface area contributed by atoms with E-state index >= 15 is 0 Å². The van der Waals surface area contributed by atoms with E-state index in [9.17, 15) is 0 Å². The van der Waals surface area contributed by atoms with Crippen LogP contribution in [0.15, 0.2) is 53.0 Å². The van der Waals surface area contributed by atoms with Crippen molar-refractivity contribution in [3.8, 4) is 5.75 Å². The molecule has 0 saturated heterocycles. The molecule has 2 aromatic carbocycles. The van der Waals surface area contributed by atoms with Crippen LogP contribution in [0.25, 0.3) is 0 Å². The van der Waals surface area contributed by atoms with Crippen molar-refractivity contribution in [3.63, 3.8) is 0 Å². The quantitative estimate of drug-likeness (QED) is 0.811. The van der Waals surface area contributed by atoms with Crippen molar-refractivity contribution in [2.45, 2.75) is 13.5 Å². The van der Waals surface area contributed by atoms with Gasteiger partial charge in [-0.2, -0.15) is 0 Å². The van der Waals surface area contributed by atoms with Crippen molar-refractivity contribution in [3.05, 3.63) is 64.1 Å². The average molecular weight is 277 g/mol. The third-order valence-corrected chi connectivity index (χ3v) is 2.94. The second-order valence-electron chi connectivity index (χ2n) is 3.67. The number of hydrogen-bond acceptors (Lipinski definition) is 1. The summed E-state index contributed by atoms with van der Waals surface area (Å²) < 4.78 is 6.76. The maximum atomic E-state index is 5.72. The van der Waals surface area contributed by atoms with E-state index in [4.69, 9.17) is 4.74 Å². The van der Waals surface area contributed by atoms with Gasteiger partial charge in [-0.3, -0.25) is 0 Å². The fourth-order valence-electron chi connectivity index (χ4n) is 1.49. The Morgan fingerprint density at radius 1 is 1.06 bits per heavy atom. The second kappa shape index (κ2) is 5.17. The Balaban J connectivity index is 2.05. The maximum Gasteiger partial charge on any atom is 0.120 e. The zero-order chi connectivity index (χ0) is 11.4. The van der Waals surface area contributed by atoms with E-state index in [1.807, 2.05) is 36.4 Å². The molecular weight excluding hydrogens is 264 g/mol. The SMILES string of the molecule is Cc1ccccc1COc1cccc(Br)c1. The van der Waals surface area contributed by atoms with Crippen LogP contribution in [-0.2, 0) is 6.61 Å². The van der Waals surface area contributed by atoms with Gasteiger partial charge in [0, 0.05) is 4.47 Å². The number of halogens is 1. The van der Waals surface area contributed by atoms with Crippen LogP contribution in [-0.4, -0.2) is 0 Å². The van der Waals surface area contributed by atoms with Crippen LogP contribution in [0, 0.1) is 6.92 Å². The number of ether oxygens (including phenoxy) is 1. The Bertz CT molecular complexity index is 480. The van der Waals surface area contributed by atoms with Gasteiger partial charge in [-0.1, -0.05) is 46.3 Å². The molecule has 0 heterocycles. The van der Waals surface area contributed by atoms with Gasteiger partial charge in [0.15, 0.2) is 0 Å². The molecule has 0 radical (unpaired) electrons. The fourth-order valence-corrected chi connectivity index (χ4v) is 1.87. The summed E-state index contributed by atoms with van der Waals surface area (Å²) in [6.45, 7) is 2.71. The summed E-state index contributed by atoms with van der Waals surface area (Å²) in [6.07, 6.45) is 0. The summed E-state index contributed by atoms with van der Waals surface area (Å²) in [5, 5.41) is 0. The molecule has 0 aliphatic heterocycles. The molecule has 16 heavy (non-hydrogen) atoms. The molecule has 0 aliphatic carbocycles. The van der Waals surface area contributed by atoms with Crippen molar-refractivity contribution in [2.75, 3.05) is 0 Å². The predicted octanol–water partition coefficient (Wildman–Crippen LogP) is 4.34. The van der Waals surface area contributed by atoms with Crippen LogP contribution in [0.2, 0.25) is 0 Å². The molecule has 0 saturated carbocycles. The lowest BCUT2D eigenvalue weighted by Gasteiger charge is -2.08. The van der Waals surface area contributed by atoms with Crippen LogP contribution in [0.1, 0.15) is 11.1 Å². The molecule has 0 aromatic heterocycles. The van der Waals surface area contributed by atoms with Crippen molar-refractivity contribution < 1.29 is 4.74 Å². The van der Waals surface area contributed by atoms with E-state index in [1.54, 1.807) is 0 Å². The molecule has 0 atom stereocenters. The molecule has 2 aromatic rings. The molecular formula is C14H13BrO. The Kier molecular flexibility index (Phi) is 3.62. The summed E-state index contributed by atoms with van der Waals surface area (Å²) >= 11 is 3.42. The van der Waals surface area contributed by atoms with Crippen LogP contribution in [0.4, 0.5) is 0 Å². The van der Waals surface area contributed by atoms with Crippen LogP contribution in [0.3, 0.4) is 0 Å². The Hall–Kier alpha value is -1.28. The largest absolute Gasteiger partial charge is 0.489 e. The second-order valence-corrected chi connectivity index (χ2v) is 4.59. The van der Waals surface area contributed by atoms with E-state index < -0.39 is 0 Å². The summed E-state index contributed by atoms with van der Waals surface area (Å²) in [5.41, 5.74) is 2.49. The van der Waals surface area contributed by atoms with Crippen molar-refractivity contribution >= 4 is 15.9 Å². The highest BCUT2D eigenvalue weighted by molar-refractivity contribution is 9.10. The number of rotatable bonds is 3. The van der Waals surface area contributed by atoms with Crippen molar-refractivity contribution in [2.24, 2.45) is 0 Å². The van der Waals surface area contributed by atoms with Gasteiger partial charge >= 0.3 is 0 Å². The summed E-state index contributed by atoms with van der Waals surface area (Å²) in [4.78, 5) is 0. The smallest absolute Gasteiger partial charge is 0.120 e. The minimum atomic E-state index is 0.614. The standard InChI is InChI=1S/C14H13BrO/c1-11-5-2-3-6-12(11)10-16-14-8-4-7-13(15)9-14/h2-9H,10H2,1H3. The van der Waals surface area contributed by atoms with E-state index in [-0.39, 0.29) is 0 Å². The van der Waals surface area contributed by atoms with E-state index in [2.05, 4.69) is 35.0 Å². The zero-order valence-corrected chi connectivity index (χ0v) is 10.7. The molecule has 0 fully saturated rings.